The summed E-state index contributed by atoms with van der Waals surface area (Å²) in [6.07, 6.45) is 1.85. The van der Waals surface area contributed by atoms with Crippen LogP contribution in [0.25, 0.3) is 0 Å². The second kappa shape index (κ2) is 5.41. The average Bonchev–Trinajstić information content (AvgIpc) is 2.38. The summed E-state index contributed by atoms with van der Waals surface area (Å²) in [6, 6.07) is 3.58. The molecule has 2 heterocycles. The predicted molar refractivity (Wildman–Crippen MR) is 71.2 cm³/mol. The van der Waals surface area contributed by atoms with E-state index in [1.807, 2.05) is 0 Å². The normalized spacial score (nSPS) is 18.1. The maximum atomic E-state index is 8.68. The number of aromatic nitrogens is 1. The zero-order valence-corrected chi connectivity index (χ0v) is 10.6. The average molecular weight is 270 g/mol. The smallest absolute Gasteiger partial charge is 0.170 e. The van der Waals surface area contributed by atoms with Crippen LogP contribution in [0.1, 0.15) is 18.4 Å². The van der Waals surface area contributed by atoms with Crippen LogP contribution in [-0.4, -0.2) is 35.2 Å². The van der Waals surface area contributed by atoms with Crippen LogP contribution in [0.2, 0.25) is 5.15 Å². The van der Waals surface area contributed by atoms with Gasteiger partial charge in [0.1, 0.15) is 11.0 Å². The summed E-state index contributed by atoms with van der Waals surface area (Å²) in [5.41, 5.74) is 12.0. The Bertz CT molecular complexity index is 457. The Morgan fingerprint density at radius 1 is 1.44 bits per heavy atom. The zero-order chi connectivity index (χ0) is 13.1. The first-order valence-corrected chi connectivity index (χ1v) is 6.14. The number of pyridine rings is 1. The molecule has 0 bridgehead atoms. The summed E-state index contributed by atoms with van der Waals surface area (Å²) in [6.45, 7) is 1.67. The molecule has 1 aliphatic heterocycles. The van der Waals surface area contributed by atoms with Crippen molar-refractivity contribution in [3.05, 3.63) is 22.8 Å². The standard InChI is InChI=1S/C11H16ClN5O/c12-9-5-7(11(14)16-18)6-10(15-9)17-3-1-8(13)2-4-17/h5-6,8,18H,1-4,13H2,(H2,14,16). The SMILES string of the molecule is NC(=NO)c1cc(Cl)nc(N2CCC(N)CC2)c1. The summed E-state index contributed by atoms with van der Waals surface area (Å²) in [7, 11) is 0. The van der Waals surface area contributed by atoms with Crippen molar-refractivity contribution in [2.75, 3.05) is 18.0 Å². The highest BCUT2D eigenvalue weighted by molar-refractivity contribution is 6.30. The van der Waals surface area contributed by atoms with Crippen molar-refractivity contribution >= 4 is 23.3 Å². The highest BCUT2D eigenvalue weighted by atomic mass is 35.5. The first-order valence-electron chi connectivity index (χ1n) is 5.76. The van der Waals surface area contributed by atoms with Crippen molar-refractivity contribution in [1.29, 1.82) is 0 Å². The summed E-state index contributed by atoms with van der Waals surface area (Å²) < 4.78 is 0. The molecule has 1 aromatic heterocycles. The monoisotopic (exact) mass is 269 g/mol. The van der Waals surface area contributed by atoms with Gasteiger partial charge in [0.05, 0.1) is 0 Å². The van der Waals surface area contributed by atoms with Crippen molar-refractivity contribution in [2.24, 2.45) is 16.6 Å². The van der Waals surface area contributed by atoms with Crippen molar-refractivity contribution < 1.29 is 5.21 Å². The quantitative estimate of drug-likeness (QED) is 0.242. The summed E-state index contributed by atoms with van der Waals surface area (Å²) in [5, 5.41) is 12.0. The Labute approximate surface area is 110 Å². The zero-order valence-electron chi connectivity index (χ0n) is 9.88. The molecule has 6 nitrogen and oxygen atoms in total. The predicted octanol–water partition coefficient (Wildman–Crippen LogP) is 0.757. The van der Waals surface area contributed by atoms with E-state index in [1.54, 1.807) is 12.1 Å². The molecule has 0 aliphatic carbocycles. The van der Waals surface area contributed by atoms with Gasteiger partial charge < -0.3 is 21.6 Å². The van der Waals surface area contributed by atoms with Gasteiger partial charge in [-0.2, -0.15) is 0 Å². The Balaban J connectivity index is 2.25. The Morgan fingerprint density at radius 3 is 2.72 bits per heavy atom. The van der Waals surface area contributed by atoms with Gasteiger partial charge in [0, 0.05) is 24.7 Å². The van der Waals surface area contributed by atoms with Crippen LogP contribution < -0.4 is 16.4 Å². The molecule has 18 heavy (non-hydrogen) atoms. The van der Waals surface area contributed by atoms with Crippen molar-refractivity contribution in [2.45, 2.75) is 18.9 Å². The van der Waals surface area contributed by atoms with E-state index in [-0.39, 0.29) is 11.9 Å². The lowest BCUT2D eigenvalue weighted by Crippen LogP contribution is -2.40. The maximum absolute atomic E-state index is 8.68. The largest absolute Gasteiger partial charge is 0.409 e. The molecule has 0 unspecified atom stereocenters. The molecular formula is C11H16ClN5O. The van der Waals surface area contributed by atoms with E-state index in [1.165, 1.54) is 0 Å². The number of hydrogen-bond acceptors (Lipinski definition) is 5. The molecule has 2 rings (SSSR count). The summed E-state index contributed by atoms with van der Waals surface area (Å²) >= 11 is 5.94. The van der Waals surface area contributed by atoms with Gasteiger partial charge in [-0.1, -0.05) is 16.8 Å². The van der Waals surface area contributed by atoms with Crippen molar-refractivity contribution in [1.82, 2.24) is 4.98 Å². The summed E-state index contributed by atoms with van der Waals surface area (Å²) in [4.78, 5) is 6.36. The van der Waals surface area contributed by atoms with Crippen molar-refractivity contribution in [3.63, 3.8) is 0 Å². The third kappa shape index (κ3) is 2.83. The Kier molecular flexibility index (Phi) is 3.88. The van der Waals surface area contributed by atoms with Crippen LogP contribution in [0.15, 0.2) is 17.3 Å². The molecule has 0 amide bonds. The molecule has 1 aromatic rings. The number of halogens is 1. The molecule has 0 aromatic carbocycles. The van der Waals surface area contributed by atoms with Crippen LogP contribution >= 0.6 is 11.6 Å². The lowest BCUT2D eigenvalue weighted by molar-refractivity contribution is 0.318. The van der Waals surface area contributed by atoms with Gasteiger partial charge in [0.25, 0.3) is 0 Å². The first-order chi connectivity index (χ1) is 8.60. The number of nitrogens with zero attached hydrogens (tertiary/aromatic N) is 3. The molecule has 0 radical (unpaired) electrons. The number of oxime groups is 1. The minimum atomic E-state index is 0.0225. The van der Waals surface area contributed by atoms with Crippen LogP contribution in [0, 0.1) is 0 Å². The van der Waals surface area contributed by atoms with Crippen LogP contribution in [0.4, 0.5) is 5.82 Å². The maximum Gasteiger partial charge on any atom is 0.170 e. The Morgan fingerprint density at radius 2 is 2.11 bits per heavy atom. The Hall–Kier alpha value is -1.53. The van der Waals surface area contributed by atoms with Gasteiger partial charge in [-0.3, -0.25) is 0 Å². The second-order valence-corrected chi connectivity index (χ2v) is 4.73. The lowest BCUT2D eigenvalue weighted by atomic mass is 10.1. The molecule has 7 heteroatoms. The van der Waals surface area contributed by atoms with Crippen LogP contribution in [0.5, 0.6) is 0 Å². The number of amidine groups is 1. The van der Waals surface area contributed by atoms with E-state index in [0.717, 1.165) is 31.7 Å². The number of hydrogen-bond donors (Lipinski definition) is 3. The minimum absolute atomic E-state index is 0.0225. The highest BCUT2D eigenvalue weighted by Gasteiger charge is 2.18. The fourth-order valence-corrected chi connectivity index (χ4v) is 2.18. The molecule has 1 saturated heterocycles. The minimum Gasteiger partial charge on any atom is -0.409 e. The van der Waals surface area contributed by atoms with E-state index in [0.29, 0.717) is 10.7 Å². The third-order valence-corrected chi connectivity index (χ3v) is 3.24. The fourth-order valence-electron chi connectivity index (χ4n) is 1.98. The van der Waals surface area contributed by atoms with Gasteiger partial charge in [-0.15, -0.1) is 0 Å². The van der Waals surface area contributed by atoms with Gasteiger partial charge in [0.2, 0.25) is 0 Å². The topological polar surface area (TPSA) is 101 Å². The molecule has 0 atom stereocenters. The van der Waals surface area contributed by atoms with Crippen LogP contribution in [-0.2, 0) is 0 Å². The van der Waals surface area contributed by atoms with Gasteiger partial charge >= 0.3 is 0 Å². The number of nitrogens with two attached hydrogens (primary N) is 2. The van der Waals surface area contributed by atoms with Gasteiger partial charge in [-0.25, -0.2) is 4.98 Å². The van der Waals surface area contributed by atoms with E-state index in [9.17, 15) is 0 Å². The molecular weight excluding hydrogens is 254 g/mol. The van der Waals surface area contributed by atoms with E-state index in [4.69, 9.17) is 28.3 Å². The second-order valence-electron chi connectivity index (χ2n) is 4.35. The fraction of sp³-hybridized carbons (Fsp3) is 0.455. The van der Waals surface area contributed by atoms with E-state index < -0.39 is 0 Å². The lowest BCUT2D eigenvalue weighted by Gasteiger charge is -2.31. The number of rotatable bonds is 2. The van der Waals surface area contributed by atoms with Gasteiger partial charge in [0.15, 0.2) is 5.84 Å². The number of anilines is 1. The van der Waals surface area contributed by atoms with Crippen LogP contribution in [0.3, 0.4) is 0 Å². The number of piperidine rings is 1. The van der Waals surface area contributed by atoms with Gasteiger partial charge in [-0.05, 0) is 25.0 Å². The van der Waals surface area contributed by atoms with E-state index in [2.05, 4.69) is 15.0 Å². The first kappa shape index (κ1) is 12.9. The highest BCUT2D eigenvalue weighted by Crippen LogP contribution is 2.21. The molecule has 0 spiro atoms. The molecule has 98 valence electrons. The molecule has 0 saturated carbocycles. The molecule has 1 aliphatic rings. The van der Waals surface area contributed by atoms with Crippen molar-refractivity contribution in [3.8, 4) is 0 Å². The third-order valence-electron chi connectivity index (χ3n) is 3.05. The molecule has 1 fully saturated rings. The molecule has 5 N–H and O–H groups in total. The summed E-state index contributed by atoms with van der Waals surface area (Å²) in [5.74, 6) is 0.755. The van der Waals surface area contributed by atoms with E-state index >= 15 is 0 Å².